The monoisotopic (exact) mass is 248 g/mol. The minimum atomic E-state index is -0.934. The largest absolute Gasteiger partial charge is 0.400 e. The van der Waals surface area contributed by atoms with E-state index in [-0.39, 0.29) is 6.54 Å². The highest BCUT2D eigenvalue weighted by atomic mass is 17.1. The number of carbonyl (C=O) groups excluding carboxylic acids is 3. The summed E-state index contributed by atoms with van der Waals surface area (Å²) in [7, 11) is 0. The molecule has 3 rings (SSSR count). The van der Waals surface area contributed by atoms with Gasteiger partial charge in [-0.3, -0.25) is 4.89 Å². The molecule has 1 aromatic rings. The normalized spacial score (nSPS) is 23.7. The summed E-state index contributed by atoms with van der Waals surface area (Å²) in [6, 6.07) is 5.56. The maximum atomic E-state index is 12.3. The topological polar surface area (TPSA) is 80.7 Å². The molecule has 2 heterocycles. The number of rotatable bonds is 1. The van der Waals surface area contributed by atoms with Gasteiger partial charge in [-0.15, -0.1) is 0 Å². The van der Waals surface area contributed by atoms with Crippen molar-refractivity contribution >= 4 is 17.8 Å². The molecule has 1 spiro atoms. The van der Waals surface area contributed by atoms with Crippen molar-refractivity contribution < 1.29 is 29.0 Å². The van der Waals surface area contributed by atoms with Crippen LogP contribution in [0, 0.1) is 0 Å². The van der Waals surface area contributed by atoms with Gasteiger partial charge in [-0.1, -0.05) is 12.1 Å². The van der Waals surface area contributed by atoms with E-state index < -0.39 is 28.3 Å². The predicted octanol–water partition coefficient (Wildman–Crippen LogP) is 0.586. The Kier molecular flexibility index (Phi) is 2.13. The number of quaternary nitrogens is 1. The first-order valence-electron chi connectivity index (χ1n) is 5.54. The molecule has 1 unspecified atom stereocenters. The van der Waals surface area contributed by atoms with E-state index in [0.717, 1.165) is 0 Å². The molecule has 18 heavy (non-hydrogen) atoms. The molecular formula is C12H10NO5+. The fourth-order valence-electron chi connectivity index (χ4n) is 2.74. The van der Waals surface area contributed by atoms with E-state index in [4.69, 9.17) is 5.26 Å². The summed E-state index contributed by atoms with van der Waals surface area (Å²) < 4.78 is -0.571. The molecule has 0 radical (unpaired) electrons. The number of amides is 2. The van der Waals surface area contributed by atoms with Crippen LogP contribution in [0.4, 0.5) is 0 Å². The van der Waals surface area contributed by atoms with E-state index >= 15 is 0 Å². The van der Waals surface area contributed by atoms with E-state index in [2.05, 4.69) is 4.89 Å². The molecule has 0 aromatic heterocycles. The molecule has 0 bridgehead atoms. The fraction of sp³-hybridized carbons (Fsp3) is 0.250. The van der Waals surface area contributed by atoms with Gasteiger partial charge in [0.15, 0.2) is 0 Å². The molecular weight excluding hydrogens is 238 g/mol. The van der Waals surface area contributed by atoms with Crippen molar-refractivity contribution in [1.82, 2.24) is 0 Å². The number of nitrogens with zero attached hydrogens (tertiary/aromatic N) is 1. The third-order valence-electron chi connectivity index (χ3n) is 3.76. The lowest BCUT2D eigenvalue weighted by Gasteiger charge is -2.42. The molecule has 1 aromatic carbocycles. The Morgan fingerprint density at radius 1 is 1.22 bits per heavy atom. The first-order chi connectivity index (χ1) is 8.63. The van der Waals surface area contributed by atoms with Crippen molar-refractivity contribution in [2.24, 2.45) is 0 Å². The molecule has 0 aliphatic carbocycles. The second-order valence-electron chi connectivity index (χ2n) is 4.46. The molecule has 1 fully saturated rings. The standard InChI is InChI=1S/C12H9NO5/c14-10-7-3-1-2-4-8(7)11(15)13(10)6-5-9(13)12(16)18-17/h1-4,9H,5-6H2/p+1. The van der Waals surface area contributed by atoms with Crippen LogP contribution in [-0.4, -0.2) is 40.1 Å². The average molecular weight is 248 g/mol. The van der Waals surface area contributed by atoms with Crippen LogP contribution in [0.15, 0.2) is 24.3 Å². The van der Waals surface area contributed by atoms with Crippen LogP contribution in [0.25, 0.3) is 0 Å². The van der Waals surface area contributed by atoms with Crippen molar-refractivity contribution in [2.75, 3.05) is 6.54 Å². The number of hydrogen-bond donors (Lipinski definition) is 1. The Morgan fingerprint density at radius 2 is 1.78 bits per heavy atom. The van der Waals surface area contributed by atoms with E-state index in [1.54, 1.807) is 24.3 Å². The van der Waals surface area contributed by atoms with Crippen molar-refractivity contribution in [2.45, 2.75) is 12.5 Å². The zero-order chi connectivity index (χ0) is 12.9. The van der Waals surface area contributed by atoms with Crippen LogP contribution in [0.3, 0.4) is 0 Å². The van der Waals surface area contributed by atoms with Crippen LogP contribution in [0.1, 0.15) is 27.1 Å². The maximum Gasteiger partial charge on any atom is 0.400 e. The Labute approximate surface area is 102 Å². The van der Waals surface area contributed by atoms with Gasteiger partial charge in [0.25, 0.3) is 0 Å². The number of carbonyl (C=O) groups is 3. The van der Waals surface area contributed by atoms with Gasteiger partial charge in [-0.2, -0.15) is 9.74 Å². The Hall–Kier alpha value is -2.05. The molecule has 1 saturated heterocycles. The van der Waals surface area contributed by atoms with Crippen LogP contribution < -0.4 is 0 Å². The predicted molar refractivity (Wildman–Crippen MR) is 57.4 cm³/mol. The second kappa shape index (κ2) is 3.47. The van der Waals surface area contributed by atoms with Gasteiger partial charge in [0.1, 0.15) is 6.54 Å². The van der Waals surface area contributed by atoms with Gasteiger partial charge in [0.2, 0.25) is 6.04 Å². The summed E-state index contributed by atoms with van der Waals surface area (Å²) in [5, 5.41) is 8.42. The van der Waals surface area contributed by atoms with Gasteiger partial charge in [-0.05, 0) is 12.1 Å². The molecule has 2 aliphatic heterocycles. The highest BCUT2D eigenvalue weighted by Gasteiger charge is 2.66. The quantitative estimate of drug-likeness (QED) is 0.340. The first kappa shape index (κ1) is 11.1. The zero-order valence-corrected chi connectivity index (χ0v) is 9.33. The molecule has 1 N–H and O–H groups in total. The molecule has 6 nitrogen and oxygen atoms in total. The van der Waals surface area contributed by atoms with Gasteiger partial charge < -0.3 is 0 Å². The summed E-state index contributed by atoms with van der Waals surface area (Å²) >= 11 is 0. The Bertz CT molecular complexity index is 545. The van der Waals surface area contributed by atoms with E-state index in [1.807, 2.05) is 0 Å². The number of imide groups is 1. The first-order valence-corrected chi connectivity index (χ1v) is 5.54. The van der Waals surface area contributed by atoms with Crippen molar-refractivity contribution in [3.63, 3.8) is 0 Å². The fourth-order valence-corrected chi connectivity index (χ4v) is 2.74. The number of fused-ring (bicyclic) bond motifs is 1. The van der Waals surface area contributed by atoms with E-state index in [9.17, 15) is 14.4 Å². The van der Waals surface area contributed by atoms with Crippen LogP contribution in [0.5, 0.6) is 0 Å². The summed E-state index contributed by atoms with van der Waals surface area (Å²) in [4.78, 5) is 39.7. The van der Waals surface area contributed by atoms with Gasteiger partial charge in [0.05, 0.1) is 17.5 Å². The summed E-state index contributed by atoms with van der Waals surface area (Å²) in [5.74, 6) is -1.72. The van der Waals surface area contributed by atoms with Crippen LogP contribution in [0.2, 0.25) is 0 Å². The Morgan fingerprint density at radius 3 is 2.17 bits per heavy atom. The van der Waals surface area contributed by atoms with Gasteiger partial charge in [-0.25, -0.2) is 14.4 Å². The van der Waals surface area contributed by atoms with Gasteiger partial charge in [0, 0.05) is 0 Å². The molecule has 2 amide bonds. The summed E-state index contributed by atoms with van der Waals surface area (Å²) in [6.07, 6.45) is 0.352. The van der Waals surface area contributed by atoms with Crippen molar-refractivity contribution in [3.05, 3.63) is 35.4 Å². The smallest absolute Gasteiger partial charge is 0.294 e. The van der Waals surface area contributed by atoms with E-state index in [1.165, 1.54) is 0 Å². The molecule has 92 valence electrons. The lowest BCUT2D eigenvalue weighted by Crippen LogP contribution is -2.71. The van der Waals surface area contributed by atoms with Crippen molar-refractivity contribution in [1.29, 1.82) is 0 Å². The third-order valence-corrected chi connectivity index (χ3v) is 3.76. The van der Waals surface area contributed by atoms with Gasteiger partial charge >= 0.3 is 17.8 Å². The lowest BCUT2D eigenvalue weighted by molar-refractivity contribution is -0.827. The average Bonchev–Trinajstić information content (AvgIpc) is 2.59. The Balaban J connectivity index is 2.10. The number of benzene rings is 1. The van der Waals surface area contributed by atoms with Crippen LogP contribution >= 0.6 is 0 Å². The summed E-state index contributed by atoms with van der Waals surface area (Å²) in [5.41, 5.74) is 0.663. The molecule has 0 saturated carbocycles. The highest BCUT2D eigenvalue weighted by Crippen LogP contribution is 2.40. The SMILES string of the molecule is O=C(OO)C1CC[N+]12C(=O)c1ccccc1C2=O. The minimum Gasteiger partial charge on any atom is -0.294 e. The third kappa shape index (κ3) is 1.06. The lowest BCUT2D eigenvalue weighted by atomic mass is 9.98. The van der Waals surface area contributed by atoms with Crippen LogP contribution in [-0.2, 0) is 9.68 Å². The molecule has 2 aliphatic rings. The van der Waals surface area contributed by atoms with E-state index in [0.29, 0.717) is 17.5 Å². The molecule has 6 heteroatoms. The zero-order valence-electron chi connectivity index (χ0n) is 9.33. The minimum absolute atomic E-state index is 0.270. The highest BCUT2D eigenvalue weighted by molar-refractivity contribution is 6.15. The summed E-state index contributed by atoms with van der Waals surface area (Å²) in [6.45, 7) is 0.270. The maximum absolute atomic E-state index is 12.3. The van der Waals surface area contributed by atoms with Crippen molar-refractivity contribution in [3.8, 4) is 0 Å². The second-order valence-corrected chi connectivity index (χ2v) is 4.46. The molecule has 1 atom stereocenters. The number of hydrogen-bond acceptors (Lipinski definition) is 5.